The van der Waals surface area contributed by atoms with Crippen LogP contribution in [0.4, 0.5) is 46.3 Å². The lowest BCUT2D eigenvalue weighted by Crippen LogP contribution is -2.24. The molecular weight excluding hydrogens is 650 g/mol. The van der Waals surface area contributed by atoms with Crippen LogP contribution in [0.5, 0.6) is 0 Å². The first-order chi connectivity index (χ1) is 22.1. The van der Waals surface area contributed by atoms with E-state index in [1.807, 2.05) is 0 Å². The fourth-order valence-electron chi connectivity index (χ4n) is 3.49. The van der Waals surface area contributed by atoms with Gasteiger partial charge in [0.25, 0.3) is 16.1 Å². The lowest BCUT2D eigenvalue weighted by Gasteiger charge is -2.16. The highest BCUT2D eigenvalue weighted by Crippen LogP contribution is 2.27. The quantitative estimate of drug-likeness (QED) is 0.0186. The number of hydrogen-bond donors (Lipinski definition) is 11. The molecule has 2 unspecified atom stereocenters. The van der Waals surface area contributed by atoms with E-state index >= 15 is 0 Å². The van der Waals surface area contributed by atoms with Gasteiger partial charge in [-0.1, -0.05) is 5.04 Å². The maximum atomic E-state index is 11.1. The van der Waals surface area contributed by atoms with E-state index in [1.165, 1.54) is 6.21 Å². The molecule has 0 saturated heterocycles. The lowest BCUT2D eigenvalue weighted by molar-refractivity contribution is -0.432. The second-order valence-corrected chi connectivity index (χ2v) is 11.6. The van der Waals surface area contributed by atoms with Crippen molar-refractivity contribution in [1.82, 2.24) is 15.0 Å². The molecule has 252 valence electrons. The highest BCUT2D eigenvalue weighted by Gasteiger charge is 2.10. The molecule has 46 heavy (non-hydrogen) atoms. The number of anilines is 7. The van der Waals surface area contributed by atoms with Crippen LogP contribution in [-0.2, 0) is 19.5 Å². The number of aliphatic hydroxyl groups excluding tert-OH is 4. The number of nitrogens with one attached hydrogen (secondary N) is 5. The summed E-state index contributed by atoms with van der Waals surface area (Å²) < 4.78 is 35.5. The molecule has 0 amide bonds. The predicted octanol–water partition coefficient (Wildman–Crippen LogP) is 0.960. The summed E-state index contributed by atoms with van der Waals surface area (Å²) >= 11 is 0.764. The van der Waals surface area contributed by atoms with E-state index in [2.05, 4.69) is 55.9 Å². The molecule has 3 rings (SSSR count). The Balaban J connectivity index is 1.74. The number of nitrogens with zero attached hydrogens (tertiary/aromatic N) is 4. The van der Waals surface area contributed by atoms with Crippen molar-refractivity contribution in [2.75, 3.05) is 70.9 Å². The van der Waals surface area contributed by atoms with Gasteiger partial charge < -0.3 is 47.0 Å². The molecule has 21 heteroatoms. The summed E-state index contributed by atoms with van der Waals surface area (Å²) in [5.41, 5.74) is 2.98. The average molecular weight is 686 g/mol. The molecule has 0 aliphatic rings. The van der Waals surface area contributed by atoms with Crippen LogP contribution in [0.3, 0.4) is 0 Å². The molecule has 0 saturated carbocycles. The Kier molecular flexibility index (Phi) is 15.0. The van der Waals surface area contributed by atoms with E-state index in [-0.39, 0.29) is 43.2 Å². The van der Waals surface area contributed by atoms with Gasteiger partial charge in [0.1, 0.15) is 0 Å². The molecule has 0 aliphatic carbocycles. The largest absolute Gasteiger partial charge is 0.394 e. The van der Waals surface area contributed by atoms with E-state index in [4.69, 9.17) is 20.0 Å². The highest BCUT2D eigenvalue weighted by atomic mass is 32.2. The zero-order valence-electron chi connectivity index (χ0n) is 24.1. The molecule has 0 aliphatic heterocycles. The van der Waals surface area contributed by atoms with Crippen molar-refractivity contribution in [3.8, 4) is 0 Å². The summed E-state index contributed by atoms with van der Waals surface area (Å²) in [6, 6.07) is 12.2. The first kappa shape index (κ1) is 36.6. The summed E-state index contributed by atoms with van der Waals surface area (Å²) in [6.45, 7) is -0.892. The van der Waals surface area contributed by atoms with Gasteiger partial charge in [0.2, 0.25) is 11.9 Å². The monoisotopic (exact) mass is 685 g/mol. The normalized spacial score (nSPS) is 12.9. The minimum absolute atomic E-state index is 0.0169. The van der Waals surface area contributed by atoms with Gasteiger partial charge in [-0.05, 0) is 42.5 Å². The van der Waals surface area contributed by atoms with Crippen LogP contribution in [0, 0.1) is 0 Å². The summed E-state index contributed by atoms with van der Waals surface area (Å²) in [5, 5.41) is 64.3. The molecule has 1 heterocycles. The summed E-state index contributed by atoms with van der Waals surface area (Å²) in [6.07, 6.45) is -0.622. The molecule has 0 bridgehead atoms. The van der Waals surface area contributed by atoms with Crippen LogP contribution in [-0.4, -0.2) is 116 Å². The first-order valence-electron chi connectivity index (χ1n) is 13.5. The molecule has 2 aromatic carbocycles. The molecule has 11 N–H and O–H groups in total. The summed E-state index contributed by atoms with van der Waals surface area (Å²) in [5.74, 6) is -0.0735. The second-order valence-electron chi connectivity index (χ2n) is 9.30. The van der Waals surface area contributed by atoms with E-state index < -0.39 is 41.3 Å². The number of aliphatic imine (C=N–C) groups is 1. The third-order valence-corrected chi connectivity index (χ3v) is 6.72. The van der Waals surface area contributed by atoms with Gasteiger partial charge in [-0.3, -0.25) is 4.55 Å². The predicted molar refractivity (Wildman–Crippen MR) is 173 cm³/mol. The molecule has 0 fully saturated rings. The van der Waals surface area contributed by atoms with Gasteiger partial charge in [-0.15, -0.1) is 4.33 Å². The fourth-order valence-corrected chi connectivity index (χ4v) is 4.08. The van der Waals surface area contributed by atoms with E-state index in [0.29, 0.717) is 28.4 Å². The van der Waals surface area contributed by atoms with Crippen molar-refractivity contribution in [3.05, 3.63) is 42.5 Å². The lowest BCUT2D eigenvalue weighted by atomic mass is 10.2. The van der Waals surface area contributed by atoms with Crippen LogP contribution in [0.2, 0.25) is 0 Å². The van der Waals surface area contributed by atoms with Crippen LogP contribution in [0.25, 0.3) is 0 Å². The molecule has 2 atom stereocenters. The first-order valence-corrected chi connectivity index (χ1v) is 16.0. The fraction of sp³-hybridized carbons (Fsp3) is 0.360. The summed E-state index contributed by atoms with van der Waals surface area (Å²) in [4.78, 5) is 16.8. The van der Waals surface area contributed by atoms with Crippen LogP contribution >= 0.6 is 12.0 Å². The molecule has 0 spiro atoms. The number of aromatic nitrogens is 3. The number of aliphatic hydroxyl groups is 4. The Labute approximate surface area is 268 Å². The Morgan fingerprint density at radius 1 is 0.826 bits per heavy atom. The second kappa shape index (κ2) is 18.9. The van der Waals surface area contributed by atoms with E-state index in [9.17, 15) is 18.6 Å². The van der Waals surface area contributed by atoms with Gasteiger partial charge >= 0.3 is 0 Å². The van der Waals surface area contributed by atoms with E-state index in [0.717, 1.165) is 12.0 Å². The topological polar surface area (TPSA) is 285 Å². The standard InChI is InChI=1S/C25H35N9O10S2/c35-14-21(37)12-28-19-9-18(26-6-8-46(40,41)42)10-20(11-19)30-16-1-3-17(4-2-16)31-25-33-23(27-5-7-45-44-43-39)32-24(34-25)29-13-22(38)15-36/h1-5,9-11,21-22,26,28,30,35-39H,6-8,12-15H2,(H,40,41,42)(H2,29,31,32,33,34). The Hall–Kier alpha value is -3.90. The van der Waals surface area contributed by atoms with Crippen molar-refractivity contribution < 1.29 is 48.0 Å². The zero-order valence-corrected chi connectivity index (χ0v) is 25.8. The van der Waals surface area contributed by atoms with Crippen molar-refractivity contribution in [2.45, 2.75) is 12.2 Å². The maximum absolute atomic E-state index is 11.1. The van der Waals surface area contributed by atoms with Gasteiger partial charge in [0.15, 0.2) is 0 Å². The molecule has 3 aromatic rings. The van der Waals surface area contributed by atoms with Crippen molar-refractivity contribution in [1.29, 1.82) is 0 Å². The molecule has 1 aromatic heterocycles. The van der Waals surface area contributed by atoms with Gasteiger partial charge in [-0.2, -0.15) is 23.4 Å². The average Bonchev–Trinajstić information content (AvgIpc) is 3.02. The third kappa shape index (κ3) is 14.0. The third-order valence-electron chi connectivity index (χ3n) is 5.56. The summed E-state index contributed by atoms with van der Waals surface area (Å²) in [7, 11) is -4.15. The van der Waals surface area contributed by atoms with Crippen LogP contribution in [0.1, 0.15) is 0 Å². The van der Waals surface area contributed by atoms with Crippen LogP contribution < -0.4 is 26.6 Å². The minimum Gasteiger partial charge on any atom is -0.394 e. The SMILES string of the molecule is O=S(=O)(O)CCNc1cc(NCC(O)CO)cc(Nc2ccc(Nc3nc(N=CCSOOO)nc(NCC(O)CO)n3)cc2)c1. The van der Waals surface area contributed by atoms with Gasteiger partial charge in [0.05, 0.1) is 36.9 Å². The van der Waals surface area contributed by atoms with Crippen LogP contribution in [0.15, 0.2) is 47.5 Å². The Morgan fingerprint density at radius 2 is 1.41 bits per heavy atom. The molecule has 0 radical (unpaired) electrons. The van der Waals surface area contributed by atoms with Crippen molar-refractivity contribution in [2.24, 2.45) is 4.99 Å². The Morgan fingerprint density at radius 3 is 2.04 bits per heavy atom. The van der Waals surface area contributed by atoms with Gasteiger partial charge in [-0.25, -0.2) is 10.2 Å². The molecule has 19 nitrogen and oxygen atoms in total. The van der Waals surface area contributed by atoms with Crippen molar-refractivity contribution >= 4 is 74.7 Å². The smallest absolute Gasteiger partial charge is 0.266 e. The Bertz CT molecular complexity index is 1500. The number of hydrogen-bond acceptors (Lipinski definition) is 19. The molecular formula is C25H35N9O10S2. The number of benzene rings is 2. The zero-order chi connectivity index (χ0) is 33.4. The maximum Gasteiger partial charge on any atom is 0.266 e. The van der Waals surface area contributed by atoms with Gasteiger partial charge in [0, 0.05) is 66.3 Å². The van der Waals surface area contributed by atoms with Crippen molar-refractivity contribution in [3.63, 3.8) is 0 Å². The highest BCUT2D eigenvalue weighted by molar-refractivity contribution is 7.95. The van der Waals surface area contributed by atoms with E-state index in [1.54, 1.807) is 42.5 Å². The number of rotatable bonds is 21. The minimum atomic E-state index is -4.15.